The van der Waals surface area contributed by atoms with E-state index < -0.39 is 0 Å². The standard InChI is InChI=1S/C14H14FN3.Na.H/c15-12-7-4-8-13(11(12)9-16)18-14(17)10-5-2-1-3-6-10;;/h1-8H,9,16H2,(H2,17,18);;. The van der Waals surface area contributed by atoms with E-state index in [1.54, 1.807) is 12.1 Å². The maximum absolute atomic E-state index is 13.5. The summed E-state index contributed by atoms with van der Waals surface area (Å²) in [6, 6.07) is 13.9. The van der Waals surface area contributed by atoms with Crippen LogP contribution < -0.4 is 11.1 Å². The van der Waals surface area contributed by atoms with Crippen LogP contribution in [0.4, 0.5) is 10.1 Å². The quantitative estimate of drug-likeness (QED) is 0.453. The summed E-state index contributed by atoms with van der Waals surface area (Å²) in [5.74, 6) is -0.140. The van der Waals surface area contributed by atoms with Gasteiger partial charge in [-0.2, -0.15) is 0 Å². The van der Waals surface area contributed by atoms with Crippen LogP contribution in [0.5, 0.6) is 0 Å². The molecule has 0 aliphatic rings. The molecule has 0 fully saturated rings. The predicted octanol–water partition coefficient (Wildman–Crippen LogP) is 2.07. The average molecular weight is 267 g/mol. The molecule has 0 bridgehead atoms. The van der Waals surface area contributed by atoms with Crippen LogP contribution in [-0.4, -0.2) is 35.4 Å². The summed E-state index contributed by atoms with van der Waals surface area (Å²) in [5, 5.41) is 10.8. The van der Waals surface area contributed by atoms with Crippen LogP contribution in [0, 0.1) is 11.2 Å². The summed E-state index contributed by atoms with van der Waals surface area (Å²) < 4.78 is 13.5. The van der Waals surface area contributed by atoms with Crippen molar-refractivity contribution < 1.29 is 4.39 Å². The molecule has 0 radical (unpaired) electrons. The molecule has 3 nitrogen and oxygen atoms in total. The van der Waals surface area contributed by atoms with Gasteiger partial charge in [0.2, 0.25) is 0 Å². The van der Waals surface area contributed by atoms with Gasteiger partial charge in [-0.15, -0.1) is 0 Å². The third-order valence-corrected chi connectivity index (χ3v) is 2.65. The molecule has 0 amide bonds. The Balaban J connectivity index is 0.00000180. The van der Waals surface area contributed by atoms with Crippen LogP contribution in [0.25, 0.3) is 0 Å². The first-order valence-corrected chi connectivity index (χ1v) is 5.61. The van der Waals surface area contributed by atoms with E-state index in [9.17, 15) is 4.39 Å². The molecule has 0 aromatic heterocycles. The Bertz CT molecular complexity index is 558. The molecule has 5 heteroatoms. The monoisotopic (exact) mass is 267 g/mol. The summed E-state index contributed by atoms with van der Waals surface area (Å²) in [4.78, 5) is 0. The fourth-order valence-corrected chi connectivity index (χ4v) is 1.69. The number of nitrogens with one attached hydrogen (secondary N) is 2. The van der Waals surface area contributed by atoms with Crippen molar-refractivity contribution in [2.45, 2.75) is 6.54 Å². The Labute approximate surface area is 133 Å². The number of nitrogens with two attached hydrogens (primary N) is 1. The van der Waals surface area contributed by atoms with Gasteiger partial charge in [-0.1, -0.05) is 36.4 Å². The SMILES string of the molecule is N=C(Nc1cccc(F)c1CN)c1ccccc1.[NaH]. The second-order valence-electron chi connectivity index (χ2n) is 3.84. The topological polar surface area (TPSA) is 61.9 Å². The summed E-state index contributed by atoms with van der Waals surface area (Å²) in [6.07, 6.45) is 0. The average Bonchev–Trinajstić information content (AvgIpc) is 2.40. The van der Waals surface area contributed by atoms with Crippen LogP contribution >= 0.6 is 0 Å². The third-order valence-electron chi connectivity index (χ3n) is 2.65. The minimum absolute atomic E-state index is 0. The first-order chi connectivity index (χ1) is 8.72. The minimum atomic E-state index is -0.358. The van der Waals surface area contributed by atoms with Crippen molar-refractivity contribution in [1.82, 2.24) is 0 Å². The van der Waals surface area contributed by atoms with Crippen LogP contribution in [-0.2, 0) is 6.54 Å². The summed E-state index contributed by atoms with van der Waals surface area (Å²) >= 11 is 0. The zero-order valence-electron chi connectivity index (χ0n) is 9.78. The third kappa shape index (κ3) is 3.88. The van der Waals surface area contributed by atoms with E-state index in [2.05, 4.69) is 5.32 Å². The number of amidine groups is 1. The first-order valence-electron chi connectivity index (χ1n) is 5.61. The van der Waals surface area contributed by atoms with Gasteiger partial charge in [0, 0.05) is 23.4 Å². The van der Waals surface area contributed by atoms with Gasteiger partial charge in [-0.25, -0.2) is 4.39 Å². The van der Waals surface area contributed by atoms with Gasteiger partial charge < -0.3 is 11.1 Å². The van der Waals surface area contributed by atoms with E-state index in [0.29, 0.717) is 11.3 Å². The molecule has 0 aliphatic carbocycles. The van der Waals surface area contributed by atoms with E-state index in [4.69, 9.17) is 11.1 Å². The van der Waals surface area contributed by atoms with Gasteiger partial charge in [0.25, 0.3) is 0 Å². The Hall–Kier alpha value is -1.20. The molecule has 94 valence electrons. The predicted molar refractivity (Wildman–Crippen MR) is 78.3 cm³/mol. The van der Waals surface area contributed by atoms with Gasteiger partial charge in [0.1, 0.15) is 11.7 Å². The summed E-state index contributed by atoms with van der Waals surface area (Å²) in [6.45, 7) is 0.0943. The number of halogens is 1. The van der Waals surface area contributed by atoms with Gasteiger partial charge in [-0.05, 0) is 12.1 Å². The zero-order valence-corrected chi connectivity index (χ0v) is 9.78. The number of hydrogen-bond donors (Lipinski definition) is 3. The second-order valence-corrected chi connectivity index (χ2v) is 3.84. The molecule has 0 saturated carbocycles. The fourth-order valence-electron chi connectivity index (χ4n) is 1.69. The van der Waals surface area contributed by atoms with E-state index in [1.165, 1.54) is 6.07 Å². The van der Waals surface area contributed by atoms with Crippen molar-refractivity contribution in [1.29, 1.82) is 5.41 Å². The van der Waals surface area contributed by atoms with Crippen molar-refractivity contribution in [3.8, 4) is 0 Å². The summed E-state index contributed by atoms with van der Waals surface area (Å²) in [5.41, 5.74) is 7.18. The Kier molecular flexibility index (Phi) is 6.18. The zero-order chi connectivity index (χ0) is 13.0. The fraction of sp³-hybridized carbons (Fsp3) is 0.0714. The van der Waals surface area contributed by atoms with Gasteiger partial charge >= 0.3 is 29.6 Å². The number of rotatable bonds is 3. The molecule has 0 atom stereocenters. The Morgan fingerprint density at radius 2 is 1.79 bits per heavy atom. The van der Waals surface area contributed by atoms with Crippen molar-refractivity contribution in [3.05, 3.63) is 65.5 Å². The molecule has 19 heavy (non-hydrogen) atoms. The van der Waals surface area contributed by atoms with E-state index in [-0.39, 0.29) is 47.8 Å². The molecule has 0 unspecified atom stereocenters. The Morgan fingerprint density at radius 3 is 2.42 bits per heavy atom. The van der Waals surface area contributed by atoms with E-state index in [0.717, 1.165) is 5.56 Å². The first kappa shape index (κ1) is 15.9. The van der Waals surface area contributed by atoms with Gasteiger partial charge in [0.15, 0.2) is 0 Å². The number of benzene rings is 2. The van der Waals surface area contributed by atoms with E-state index in [1.807, 2.05) is 30.3 Å². The molecule has 0 spiro atoms. The molecule has 0 aliphatic heterocycles. The van der Waals surface area contributed by atoms with Crippen molar-refractivity contribution >= 4 is 41.1 Å². The molecular formula is C14H15FN3Na. The molecule has 2 aromatic rings. The Morgan fingerprint density at radius 1 is 1.11 bits per heavy atom. The van der Waals surface area contributed by atoms with Crippen LogP contribution in [0.15, 0.2) is 48.5 Å². The summed E-state index contributed by atoms with van der Waals surface area (Å²) in [7, 11) is 0. The van der Waals surface area contributed by atoms with Crippen molar-refractivity contribution in [3.63, 3.8) is 0 Å². The van der Waals surface area contributed by atoms with Gasteiger partial charge in [0.05, 0.1) is 0 Å². The normalized spacial score (nSPS) is 9.58. The van der Waals surface area contributed by atoms with Crippen molar-refractivity contribution in [2.75, 3.05) is 5.32 Å². The van der Waals surface area contributed by atoms with E-state index >= 15 is 0 Å². The van der Waals surface area contributed by atoms with Crippen LogP contribution in [0.2, 0.25) is 0 Å². The van der Waals surface area contributed by atoms with Crippen molar-refractivity contribution in [2.24, 2.45) is 5.73 Å². The molecule has 2 rings (SSSR count). The van der Waals surface area contributed by atoms with Crippen LogP contribution in [0.3, 0.4) is 0 Å². The molecule has 0 heterocycles. The van der Waals surface area contributed by atoms with Crippen LogP contribution in [0.1, 0.15) is 11.1 Å². The molecule has 0 saturated heterocycles. The van der Waals surface area contributed by atoms with Gasteiger partial charge in [-0.3, -0.25) is 5.41 Å². The molecule has 4 N–H and O–H groups in total. The second kappa shape index (κ2) is 7.40. The molecule has 2 aromatic carbocycles. The molecular weight excluding hydrogens is 252 g/mol. The maximum atomic E-state index is 13.5. The number of hydrogen-bond acceptors (Lipinski definition) is 2. The number of anilines is 1.